The van der Waals surface area contributed by atoms with E-state index in [0.717, 1.165) is 27.4 Å². The van der Waals surface area contributed by atoms with Crippen molar-refractivity contribution in [3.8, 4) is 0 Å². The molecule has 4 heteroatoms. The van der Waals surface area contributed by atoms with Gasteiger partial charge < -0.3 is 13.7 Å². The molecular weight excluding hydrogens is 311 g/mol. The van der Waals surface area contributed by atoms with Crippen LogP contribution in [0.25, 0.3) is 21.9 Å². The molecule has 0 N–H and O–H groups in total. The highest BCUT2D eigenvalue weighted by molar-refractivity contribution is 6.65. The van der Waals surface area contributed by atoms with E-state index in [4.69, 9.17) is 13.7 Å². The van der Waals surface area contributed by atoms with Crippen molar-refractivity contribution in [2.45, 2.75) is 58.7 Å². The largest absolute Gasteiger partial charge is 0.498 e. The Kier molecular flexibility index (Phi) is 3.58. The summed E-state index contributed by atoms with van der Waals surface area (Å²) in [5, 5.41) is 2.27. The van der Waals surface area contributed by atoms with Crippen LogP contribution in [-0.4, -0.2) is 18.3 Å². The lowest BCUT2D eigenvalue weighted by atomic mass is 9.76. The summed E-state index contributed by atoms with van der Waals surface area (Å²) in [6.07, 6.45) is 0. The molecular formula is C21H25BO3. The molecule has 0 atom stereocenters. The van der Waals surface area contributed by atoms with Crippen molar-refractivity contribution in [2.75, 3.05) is 0 Å². The molecule has 4 rings (SSSR count). The third-order valence-electron chi connectivity index (χ3n) is 5.70. The van der Waals surface area contributed by atoms with Gasteiger partial charge in [0.05, 0.1) is 11.2 Å². The summed E-state index contributed by atoms with van der Waals surface area (Å²) in [4.78, 5) is 0. The molecule has 0 radical (unpaired) electrons. The second-order valence-corrected chi connectivity index (χ2v) is 8.33. The summed E-state index contributed by atoms with van der Waals surface area (Å²) < 4.78 is 18.8. The Morgan fingerprint density at radius 1 is 0.880 bits per heavy atom. The van der Waals surface area contributed by atoms with Gasteiger partial charge in [0, 0.05) is 16.2 Å². The topological polar surface area (TPSA) is 31.6 Å². The maximum absolute atomic E-state index is 6.31. The summed E-state index contributed by atoms with van der Waals surface area (Å²) in [6, 6.07) is 12.6. The smallest absolute Gasteiger partial charge is 0.456 e. The molecule has 0 amide bonds. The molecule has 1 aromatic heterocycles. The van der Waals surface area contributed by atoms with E-state index in [-0.39, 0.29) is 11.2 Å². The highest BCUT2D eigenvalue weighted by atomic mass is 16.7. The fourth-order valence-corrected chi connectivity index (χ4v) is 3.36. The van der Waals surface area contributed by atoms with Crippen LogP contribution in [-0.2, 0) is 9.31 Å². The van der Waals surface area contributed by atoms with Crippen LogP contribution in [0.3, 0.4) is 0 Å². The predicted molar refractivity (Wildman–Crippen MR) is 104 cm³/mol. The van der Waals surface area contributed by atoms with Crippen LogP contribution in [0, 0.1) is 0 Å². The average Bonchev–Trinajstić information content (AvgIpc) is 3.00. The van der Waals surface area contributed by atoms with Gasteiger partial charge in [0.15, 0.2) is 0 Å². The molecule has 3 aromatic rings. The average molecular weight is 336 g/mol. The highest BCUT2D eigenvalue weighted by Crippen LogP contribution is 2.38. The number of hydrogen-bond donors (Lipinski definition) is 0. The van der Waals surface area contributed by atoms with Crippen molar-refractivity contribution in [1.29, 1.82) is 0 Å². The van der Waals surface area contributed by atoms with Crippen LogP contribution < -0.4 is 5.46 Å². The Bertz CT molecular complexity index is 936. The van der Waals surface area contributed by atoms with Crippen molar-refractivity contribution >= 4 is 34.5 Å². The summed E-state index contributed by atoms with van der Waals surface area (Å²) in [6.45, 7) is 12.7. The van der Waals surface area contributed by atoms with Gasteiger partial charge in [-0.15, -0.1) is 0 Å². The minimum atomic E-state index is -0.424. The molecule has 2 heterocycles. The number of fused-ring (bicyclic) bond motifs is 3. The minimum Gasteiger partial charge on any atom is -0.456 e. The van der Waals surface area contributed by atoms with Crippen molar-refractivity contribution in [3.05, 3.63) is 42.0 Å². The van der Waals surface area contributed by atoms with Crippen LogP contribution >= 0.6 is 0 Å². The van der Waals surface area contributed by atoms with E-state index in [1.54, 1.807) is 0 Å². The lowest BCUT2D eigenvalue weighted by Gasteiger charge is -2.32. The van der Waals surface area contributed by atoms with E-state index in [1.165, 1.54) is 5.56 Å². The summed E-state index contributed by atoms with van der Waals surface area (Å²) in [5.41, 5.74) is 3.27. The van der Waals surface area contributed by atoms with Crippen molar-refractivity contribution in [3.63, 3.8) is 0 Å². The second-order valence-electron chi connectivity index (χ2n) is 8.33. The van der Waals surface area contributed by atoms with Crippen molar-refractivity contribution in [1.82, 2.24) is 0 Å². The second kappa shape index (κ2) is 5.36. The van der Waals surface area contributed by atoms with Crippen molar-refractivity contribution < 1.29 is 13.7 Å². The Balaban J connectivity index is 1.97. The van der Waals surface area contributed by atoms with Gasteiger partial charge in [-0.2, -0.15) is 0 Å². The highest BCUT2D eigenvalue weighted by Gasteiger charge is 2.52. The van der Waals surface area contributed by atoms with Gasteiger partial charge in [-0.05, 0) is 51.3 Å². The van der Waals surface area contributed by atoms with Gasteiger partial charge in [-0.25, -0.2) is 0 Å². The molecule has 0 bridgehead atoms. The minimum absolute atomic E-state index is 0.371. The Morgan fingerprint density at radius 2 is 1.52 bits per heavy atom. The normalized spacial score (nSPS) is 19.4. The molecule has 0 unspecified atom stereocenters. The Hall–Kier alpha value is -1.78. The van der Waals surface area contributed by atoms with Crippen molar-refractivity contribution in [2.24, 2.45) is 0 Å². The van der Waals surface area contributed by atoms with E-state index < -0.39 is 7.12 Å². The molecule has 3 nitrogen and oxygen atoms in total. The number of benzene rings is 2. The third kappa shape index (κ3) is 2.51. The molecule has 2 aromatic carbocycles. The summed E-state index contributed by atoms with van der Waals surface area (Å²) >= 11 is 0. The van der Waals surface area contributed by atoms with Gasteiger partial charge in [0.25, 0.3) is 0 Å². The first-order valence-corrected chi connectivity index (χ1v) is 9.00. The molecule has 0 aliphatic carbocycles. The fourth-order valence-electron chi connectivity index (χ4n) is 3.36. The first kappa shape index (κ1) is 16.7. The zero-order valence-electron chi connectivity index (χ0n) is 15.8. The molecule has 130 valence electrons. The first-order valence-electron chi connectivity index (χ1n) is 9.00. The Morgan fingerprint density at radius 3 is 2.16 bits per heavy atom. The molecule has 0 spiro atoms. The van der Waals surface area contributed by atoms with E-state index in [1.807, 2.05) is 18.2 Å². The number of rotatable bonds is 2. The fraction of sp³-hybridized carbons (Fsp3) is 0.429. The van der Waals surface area contributed by atoms with E-state index in [2.05, 4.69) is 59.7 Å². The Labute approximate surface area is 149 Å². The van der Waals surface area contributed by atoms with Crippen LogP contribution in [0.1, 0.15) is 53.0 Å². The van der Waals surface area contributed by atoms with E-state index in [0.29, 0.717) is 5.92 Å². The molecule has 1 aliphatic rings. The van der Waals surface area contributed by atoms with Crippen LogP contribution in [0.15, 0.2) is 40.8 Å². The number of para-hydroxylation sites is 1. The monoisotopic (exact) mass is 336 g/mol. The molecule has 1 saturated heterocycles. The lowest BCUT2D eigenvalue weighted by molar-refractivity contribution is 0.00578. The quantitative estimate of drug-likeness (QED) is 0.617. The van der Waals surface area contributed by atoms with Crippen LogP contribution in [0.5, 0.6) is 0 Å². The van der Waals surface area contributed by atoms with E-state index in [9.17, 15) is 0 Å². The maximum atomic E-state index is 6.31. The zero-order valence-corrected chi connectivity index (χ0v) is 15.8. The third-order valence-corrected chi connectivity index (χ3v) is 5.70. The molecule has 25 heavy (non-hydrogen) atoms. The standard InChI is InChI=1S/C21H25BO3/c1-13(2)14-11-16-15-9-7-8-10-18(15)23-19(16)17(12-14)22-24-20(3,4)21(5,6)25-22/h7-13H,1-6H3. The van der Waals surface area contributed by atoms with Gasteiger partial charge >= 0.3 is 7.12 Å². The van der Waals surface area contributed by atoms with E-state index >= 15 is 0 Å². The lowest BCUT2D eigenvalue weighted by Crippen LogP contribution is -2.41. The summed E-state index contributed by atoms with van der Waals surface area (Å²) in [5.74, 6) is 0.416. The summed E-state index contributed by atoms with van der Waals surface area (Å²) in [7, 11) is -0.424. The predicted octanol–water partition coefficient (Wildman–Crippen LogP) is 5.01. The molecule has 1 aliphatic heterocycles. The first-order chi connectivity index (χ1) is 11.7. The zero-order chi connectivity index (χ0) is 18.0. The van der Waals surface area contributed by atoms with Gasteiger partial charge in [-0.3, -0.25) is 0 Å². The van der Waals surface area contributed by atoms with Gasteiger partial charge in [0.1, 0.15) is 11.2 Å². The SMILES string of the molecule is CC(C)c1cc(B2OC(C)(C)C(C)(C)O2)c2oc3ccccc3c2c1. The number of furan rings is 1. The maximum Gasteiger partial charge on any atom is 0.498 e. The van der Waals surface area contributed by atoms with Gasteiger partial charge in [-0.1, -0.05) is 38.1 Å². The van der Waals surface area contributed by atoms with Gasteiger partial charge in [0.2, 0.25) is 0 Å². The molecule has 1 fully saturated rings. The van der Waals surface area contributed by atoms with Crippen LogP contribution in [0.2, 0.25) is 0 Å². The van der Waals surface area contributed by atoms with Crippen LogP contribution in [0.4, 0.5) is 0 Å². The number of hydrogen-bond acceptors (Lipinski definition) is 3. The molecule has 0 saturated carbocycles.